The summed E-state index contributed by atoms with van der Waals surface area (Å²) in [6.07, 6.45) is 2.02. The average Bonchev–Trinajstić information content (AvgIpc) is 3.27. The molecule has 1 amide bonds. The van der Waals surface area contributed by atoms with Crippen LogP contribution in [0.25, 0.3) is 11.5 Å². The van der Waals surface area contributed by atoms with Crippen molar-refractivity contribution < 1.29 is 13.9 Å². The summed E-state index contributed by atoms with van der Waals surface area (Å²) in [5.41, 5.74) is 0.937. The molecule has 1 saturated heterocycles. The van der Waals surface area contributed by atoms with Crippen molar-refractivity contribution in [3.63, 3.8) is 0 Å². The quantitative estimate of drug-likeness (QED) is 0.868. The monoisotopic (exact) mass is 370 g/mol. The van der Waals surface area contributed by atoms with Crippen molar-refractivity contribution in [3.05, 3.63) is 36.2 Å². The molecule has 1 N–H and O–H groups in total. The van der Waals surface area contributed by atoms with E-state index in [1.165, 1.54) is 0 Å². The van der Waals surface area contributed by atoms with Gasteiger partial charge in [0.1, 0.15) is 0 Å². The molecule has 0 radical (unpaired) electrons. The Bertz CT molecular complexity index is 779. The molecular weight excluding hydrogens is 344 g/mol. The standard InChI is InChI=1S/C20H26N4O3/c1-13(25)21-17-8-15-10-24(11-16(15)9-18(17)26-2)12-19-22-23-20(27-19)14-6-4-3-5-7-14/h3-7,15-18H,8-12H2,1-2H3,(H,21,25)/t15-,16+,17-,18-/m1/s1. The fraction of sp³-hybridized carbons (Fsp3) is 0.550. The third-order valence-electron chi connectivity index (χ3n) is 5.73. The summed E-state index contributed by atoms with van der Waals surface area (Å²) in [5.74, 6) is 2.36. The van der Waals surface area contributed by atoms with Gasteiger partial charge in [-0.05, 0) is 36.8 Å². The molecule has 0 bridgehead atoms. The number of carbonyl (C=O) groups is 1. The molecule has 1 aromatic heterocycles. The van der Waals surface area contributed by atoms with Crippen molar-refractivity contribution in [1.82, 2.24) is 20.4 Å². The first-order valence-corrected chi connectivity index (χ1v) is 9.52. The summed E-state index contributed by atoms with van der Waals surface area (Å²) >= 11 is 0. The lowest BCUT2D eigenvalue weighted by molar-refractivity contribution is -0.121. The highest BCUT2D eigenvalue weighted by Crippen LogP contribution is 2.38. The molecule has 4 rings (SSSR count). The predicted molar refractivity (Wildman–Crippen MR) is 99.6 cm³/mol. The second-order valence-corrected chi connectivity index (χ2v) is 7.63. The molecule has 1 aliphatic heterocycles. The van der Waals surface area contributed by atoms with E-state index < -0.39 is 0 Å². The number of amides is 1. The summed E-state index contributed by atoms with van der Waals surface area (Å²) in [5, 5.41) is 11.5. The zero-order chi connectivity index (χ0) is 18.8. The number of fused-ring (bicyclic) bond motifs is 1. The van der Waals surface area contributed by atoms with Crippen molar-refractivity contribution >= 4 is 5.91 Å². The van der Waals surface area contributed by atoms with Crippen LogP contribution in [0.3, 0.4) is 0 Å². The lowest BCUT2D eigenvalue weighted by Gasteiger charge is -2.37. The van der Waals surface area contributed by atoms with E-state index in [0.29, 0.717) is 30.2 Å². The van der Waals surface area contributed by atoms with E-state index in [2.05, 4.69) is 20.4 Å². The van der Waals surface area contributed by atoms with Gasteiger partial charge in [-0.15, -0.1) is 10.2 Å². The highest BCUT2D eigenvalue weighted by Gasteiger charge is 2.42. The molecule has 0 unspecified atom stereocenters. The highest BCUT2D eigenvalue weighted by molar-refractivity contribution is 5.73. The third-order valence-corrected chi connectivity index (χ3v) is 5.73. The Balaban J connectivity index is 1.39. The molecule has 0 spiro atoms. The van der Waals surface area contributed by atoms with Crippen LogP contribution in [0.2, 0.25) is 0 Å². The molecule has 2 aliphatic rings. The van der Waals surface area contributed by atoms with Crippen LogP contribution in [0.4, 0.5) is 0 Å². The Morgan fingerprint density at radius 1 is 1.22 bits per heavy atom. The summed E-state index contributed by atoms with van der Waals surface area (Å²) in [6, 6.07) is 9.92. The van der Waals surface area contributed by atoms with Crippen molar-refractivity contribution in [2.24, 2.45) is 11.8 Å². The van der Waals surface area contributed by atoms with Crippen LogP contribution >= 0.6 is 0 Å². The molecule has 144 valence electrons. The zero-order valence-corrected chi connectivity index (χ0v) is 15.8. The predicted octanol–water partition coefficient (Wildman–Crippen LogP) is 2.10. The van der Waals surface area contributed by atoms with E-state index in [-0.39, 0.29) is 18.1 Å². The van der Waals surface area contributed by atoms with Gasteiger partial charge >= 0.3 is 0 Å². The maximum absolute atomic E-state index is 11.5. The van der Waals surface area contributed by atoms with E-state index in [1.807, 2.05) is 30.3 Å². The van der Waals surface area contributed by atoms with Gasteiger partial charge in [-0.3, -0.25) is 9.69 Å². The van der Waals surface area contributed by atoms with Crippen LogP contribution in [-0.4, -0.2) is 53.3 Å². The Morgan fingerprint density at radius 3 is 2.67 bits per heavy atom. The van der Waals surface area contributed by atoms with Crippen molar-refractivity contribution in [2.75, 3.05) is 20.2 Å². The normalized spacial score (nSPS) is 28.1. The summed E-state index contributed by atoms with van der Waals surface area (Å²) < 4.78 is 11.5. The number of hydrogen-bond acceptors (Lipinski definition) is 6. The van der Waals surface area contributed by atoms with Crippen molar-refractivity contribution in [3.8, 4) is 11.5 Å². The molecule has 7 heteroatoms. The lowest BCUT2D eigenvalue weighted by Crippen LogP contribution is -2.49. The fourth-order valence-electron chi connectivity index (χ4n) is 4.52. The van der Waals surface area contributed by atoms with Gasteiger partial charge in [-0.1, -0.05) is 18.2 Å². The fourth-order valence-corrected chi connectivity index (χ4v) is 4.52. The molecule has 2 aromatic rings. The number of likely N-dealkylation sites (tertiary alicyclic amines) is 1. The van der Waals surface area contributed by atoms with E-state index >= 15 is 0 Å². The first kappa shape index (κ1) is 18.1. The maximum Gasteiger partial charge on any atom is 0.247 e. The van der Waals surface area contributed by atoms with Crippen LogP contribution in [-0.2, 0) is 16.1 Å². The molecular formula is C20H26N4O3. The molecule has 2 heterocycles. The van der Waals surface area contributed by atoms with Gasteiger partial charge in [0.2, 0.25) is 17.7 Å². The number of rotatable bonds is 5. The molecule has 7 nitrogen and oxygen atoms in total. The third kappa shape index (κ3) is 4.04. The number of carbonyl (C=O) groups excluding carboxylic acids is 1. The minimum absolute atomic E-state index is 0.00894. The first-order valence-electron chi connectivity index (χ1n) is 9.52. The van der Waals surface area contributed by atoms with Crippen LogP contribution in [0.1, 0.15) is 25.7 Å². The summed E-state index contributed by atoms with van der Waals surface area (Å²) in [7, 11) is 1.73. The number of hydrogen-bond donors (Lipinski definition) is 1. The van der Waals surface area contributed by atoms with Gasteiger partial charge in [0.05, 0.1) is 18.7 Å². The Kier molecular flexibility index (Phi) is 5.22. The van der Waals surface area contributed by atoms with E-state index in [9.17, 15) is 4.79 Å². The van der Waals surface area contributed by atoms with Crippen LogP contribution in [0.15, 0.2) is 34.7 Å². The topological polar surface area (TPSA) is 80.5 Å². The summed E-state index contributed by atoms with van der Waals surface area (Å²) in [4.78, 5) is 13.9. The van der Waals surface area contributed by atoms with Crippen LogP contribution < -0.4 is 5.32 Å². The van der Waals surface area contributed by atoms with Gasteiger partial charge in [0.25, 0.3) is 0 Å². The highest BCUT2D eigenvalue weighted by atomic mass is 16.5. The molecule has 4 atom stereocenters. The molecule has 1 aromatic carbocycles. The second kappa shape index (κ2) is 7.78. The number of nitrogens with one attached hydrogen (secondary N) is 1. The summed E-state index contributed by atoms with van der Waals surface area (Å²) in [6.45, 7) is 4.22. The van der Waals surface area contributed by atoms with E-state index in [0.717, 1.165) is 31.5 Å². The molecule has 2 fully saturated rings. The second-order valence-electron chi connectivity index (χ2n) is 7.63. The van der Waals surface area contributed by atoms with E-state index in [4.69, 9.17) is 9.15 Å². The molecule has 1 saturated carbocycles. The average molecular weight is 370 g/mol. The Hall–Kier alpha value is -2.25. The van der Waals surface area contributed by atoms with Gasteiger partial charge < -0.3 is 14.5 Å². The van der Waals surface area contributed by atoms with Gasteiger partial charge in [-0.25, -0.2) is 0 Å². The van der Waals surface area contributed by atoms with Gasteiger partial charge in [0.15, 0.2) is 0 Å². The smallest absolute Gasteiger partial charge is 0.247 e. The maximum atomic E-state index is 11.5. The van der Waals surface area contributed by atoms with Crippen LogP contribution in [0, 0.1) is 11.8 Å². The lowest BCUT2D eigenvalue weighted by atomic mass is 9.77. The van der Waals surface area contributed by atoms with E-state index in [1.54, 1.807) is 14.0 Å². The Morgan fingerprint density at radius 2 is 1.96 bits per heavy atom. The number of benzene rings is 1. The minimum Gasteiger partial charge on any atom is -0.419 e. The SMILES string of the molecule is CO[C@@H]1C[C@H]2CN(Cc3nnc(-c4ccccc4)o3)C[C@H]2C[C@H]1NC(C)=O. The molecule has 27 heavy (non-hydrogen) atoms. The molecule has 1 aliphatic carbocycles. The van der Waals surface area contributed by atoms with Gasteiger partial charge in [-0.2, -0.15) is 0 Å². The Labute approximate surface area is 159 Å². The minimum atomic E-state index is 0.00894. The van der Waals surface area contributed by atoms with Crippen molar-refractivity contribution in [2.45, 2.75) is 38.5 Å². The number of nitrogens with zero attached hydrogens (tertiary/aromatic N) is 3. The number of aromatic nitrogens is 2. The number of ether oxygens (including phenoxy) is 1. The zero-order valence-electron chi connectivity index (χ0n) is 15.8. The van der Waals surface area contributed by atoms with Crippen molar-refractivity contribution in [1.29, 1.82) is 0 Å². The largest absolute Gasteiger partial charge is 0.419 e. The van der Waals surface area contributed by atoms with Gasteiger partial charge in [0, 0.05) is 32.7 Å². The van der Waals surface area contributed by atoms with Crippen LogP contribution in [0.5, 0.6) is 0 Å². The number of methoxy groups -OCH3 is 1. The first-order chi connectivity index (χ1) is 13.1.